The minimum atomic E-state index is -0.246. The third-order valence-corrected chi connectivity index (χ3v) is 3.75. The van der Waals surface area contributed by atoms with Crippen molar-refractivity contribution in [3.05, 3.63) is 66.1 Å². The predicted octanol–water partition coefficient (Wildman–Crippen LogP) is 3.11. The van der Waals surface area contributed by atoms with E-state index >= 15 is 0 Å². The van der Waals surface area contributed by atoms with E-state index in [1.54, 1.807) is 19.4 Å². The van der Waals surface area contributed by atoms with Crippen molar-refractivity contribution in [1.29, 1.82) is 0 Å². The third-order valence-electron chi connectivity index (χ3n) is 3.75. The third kappa shape index (κ3) is 4.44. The molecule has 0 saturated heterocycles. The molecule has 25 heavy (non-hydrogen) atoms. The van der Waals surface area contributed by atoms with Gasteiger partial charge in [-0.15, -0.1) is 0 Å². The molecule has 2 heterocycles. The molecule has 6 heteroatoms. The summed E-state index contributed by atoms with van der Waals surface area (Å²) in [6.45, 7) is 0.565. The Morgan fingerprint density at radius 3 is 2.96 bits per heavy atom. The topological polar surface area (TPSA) is 77.2 Å². The summed E-state index contributed by atoms with van der Waals surface area (Å²) < 4.78 is 10.5. The van der Waals surface area contributed by atoms with Crippen molar-refractivity contribution in [2.24, 2.45) is 0 Å². The summed E-state index contributed by atoms with van der Waals surface area (Å²) in [4.78, 5) is 16.2. The van der Waals surface area contributed by atoms with Crippen LogP contribution in [0.15, 0.2) is 59.4 Å². The van der Waals surface area contributed by atoms with Crippen molar-refractivity contribution in [3.8, 4) is 17.1 Å². The molecule has 2 aromatic heterocycles. The minimum absolute atomic E-state index is 0.246. The van der Waals surface area contributed by atoms with Crippen molar-refractivity contribution < 1.29 is 14.1 Å². The number of benzene rings is 1. The van der Waals surface area contributed by atoms with Crippen LogP contribution in [0, 0.1) is 0 Å². The number of methoxy groups -OCH3 is 1. The Morgan fingerprint density at radius 2 is 2.16 bits per heavy atom. The van der Waals surface area contributed by atoms with Crippen LogP contribution in [0.3, 0.4) is 0 Å². The number of aryl methyl sites for hydroxylation is 1. The maximum Gasteiger partial charge on any atom is 0.273 e. The van der Waals surface area contributed by atoms with E-state index in [9.17, 15) is 4.79 Å². The Hall–Kier alpha value is -3.15. The fraction of sp³-hybridized carbons (Fsp3) is 0.211. The second-order valence-corrected chi connectivity index (χ2v) is 5.53. The van der Waals surface area contributed by atoms with Crippen LogP contribution in [-0.4, -0.2) is 29.7 Å². The zero-order valence-corrected chi connectivity index (χ0v) is 13.9. The van der Waals surface area contributed by atoms with Gasteiger partial charge in [0.05, 0.1) is 7.11 Å². The molecule has 3 rings (SSSR count). The molecule has 0 aliphatic rings. The van der Waals surface area contributed by atoms with Gasteiger partial charge in [-0.05, 0) is 36.6 Å². The number of rotatable bonds is 7. The number of amides is 1. The molecule has 1 aromatic carbocycles. The Bertz CT molecular complexity index is 831. The van der Waals surface area contributed by atoms with E-state index in [-0.39, 0.29) is 11.6 Å². The Balaban J connectivity index is 1.53. The lowest BCUT2D eigenvalue weighted by Gasteiger charge is -2.02. The molecule has 0 saturated carbocycles. The molecule has 0 bridgehead atoms. The van der Waals surface area contributed by atoms with Crippen LogP contribution >= 0.6 is 0 Å². The molecule has 1 amide bonds. The van der Waals surface area contributed by atoms with Crippen LogP contribution < -0.4 is 10.1 Å². The van der Waals surface area contributed by atoms with Gasteiger partial charge in [-0.2, -0.15) is 0 Å². The van der Waals surface area contributed by atoms with Gasteiger partial charge in [-0.1, -0.05) is 23.4 Å². The molecule has 0 spiro atoms. The van der Waals surface area contributed by atoms with Gasteiger partial charge in [0.15, 0.2) is 11.5 Å². The molecule has 6 nitrogen and oxygen atoms in total. The van der Waals surface area contributed by atoms with Crippen molar-refractivity contribution >= 4 is 5.91 Å². The second-order valence-electron chi connectivity index (χ2n) is 5.53. The van der Waals surface area contributed by atoms with Crippen molar-refractivity contribution in [2.45, 2.75) is 12.8 Å². The minimum Gasteiger partial charge on any atom is -0.497 e. The lowest BCUT2D eigenvalue weighted by atomic mass is 10.1. The number of carbonyl (C=O) groups excluding carboxylic acids is 1. The number of nitrogens with zero attached hydrogens (tertiary/aromatic N) is 2. The average Bonchev–Trinajstić information content (AvgIpc) is 3.16. The highest BCUT2D eigenvalue weighted by atomic mass is 16.5. The van der Waals surface area contributed by atoms with Gasteiger partial charge in [0.1, 0.15) is 5.75 Å². The molecule has 0 radical (unpaired) electrons. The van der Waals surface area contributed by atoms with Gasteiger partial charge in [0.25, 0.3) is 5.91 Å². The number of hydrogen-bond acceptors (Lipinski definition) is 5. The molecule has 0 fully saturated rings. The first kappa shape index (κ1) is 16.7. The molecule has 0 atom stereocenters. The van der Waals surface area contributed by atoms with Gasteiger partial charge in [0.2, 0.25) is 0 Å². The summed E-state index contributed by atoms with van der Waals surface area (Å²) in [5.74, 6) is 0.999. The van der Waals surface area contributed by atoms with Gasteiger partial charge in [0, 0.05) is 30.6 Å². The normalized spacial score (nSPS) is 10.4. The summed E-state index contributed by atoms with van der Waals surface area (Å²) >= 11 is 0. The number of carbonyl (C=O) groups is 1. The number of hydrogen-bond donors (Lipinski definition) is 1. The molecular weight excluding hydrogens is 318 g/mol. The Kier molecular flexibility index (Phi) is 5.41. The summed E-state index contributed by atoms with van der Waals surface area (Å²) in [7, 11) is 1.60. The summed E-state index contributed by atoms with van der Waals surface area (Å²) in [6.07, 6.45) is 5.27. The first-order chi connectivity index (χ1) is 12.3. The van der Waals surface area contributed by atoms with Gasteiger partial charge in [-0.25, -0.2) is 0 Å². The standard InChI is InChI=1S/C19H19N3O3/c1-24-16-8-2-7-15(11-16)18-12-17(22-25-18)19(23)21-10-4-6-14-5-3-9-20-13-14/h2-3,5,7-9,11-13H,4,6,10H2,1H3,(H,21,23). The lowest BCUT2D eigenvalue weighted by Crippen LogP contribution is -2.25. The highest BCUT2D eigenvalue weighted by Gasteiger charge is 2.13. The Labute approximate surface area is 145 Å². The number of pyridine rings is 1. The number of ether oxygens (including phenoxy) is 1. The molecule has 0 unspecified atom stereocenters. The van der Waals surface area contributed by atoms with Crippen LogP contribution in [0.5, 0.6) is 5.75 Å². The van der Waals surface area contributed by atoms with Crippen molar-refractivity contribution in [3.63, 3.8) is 0 Å². The molecule has 3 aromatic rings. The van der Waals surface area contributed by atoms with E-state index in [0.717, 1.165) is 29.7 Å². The smallest absolute Gasteiger partial charge is 0.273 e. The molecule has 1 N–H and O–H groups in total. The summed E-state index contributed by atoms with van der Waals surface area (Å²) in [5, 5.41) is 6.70. The van der Waals surface area contributed by atoms with Crippen LogP contribution in [0.2, 0.25) is 0 Å². The van der Waals surface area contributed by atoms with Gasteiger partial charge in [-0.3, -0.25) is 9.78 Å². The average molecular weight is 337 g/mol. The predicted molar refractivity (Wildman–Crippen MR) is 93.4 cm³/mol. The van der Waals surface area contributed by atoms with Crippen LogP contribution in [0.1, 0.15) is 22.5 Å². The van der Waals surface area contributed by atoms with E-state index in [4.69, 9.17) is 9.26 Å². The maximum atomic E-state index is 12.2. The van der Waals surface area contributed by atoms with E-state index in [2.05, 4.69) is 15.5 Å². The van der Waals surface area contributed by atoms with Crippen LogP contribution in [-0.2, 0) is 6.42 Å². The van der Waals surface area contributed by atoms with Gasteiger partial charge < -0.3 is 14.6 Å². The Morgan fingerprint density at radius 1 is 1.24 bits per heavy atom. The molecule has 0 aliphatic carbocycles. The second kappa shape index (κ2) is 8.10. The highest BCUT2D eigenvalue weighted by Crippen LogP contribution is 2.24. The molecular formula is C19H19N3O3. The van der Waals surface area contributed by atoms with E-state index in [1.165, 1.54) is 0 Å². The van der Waals surface area contributed by atoms with Crippen LogP contribution in [0.4, 0.5) is 0 Å². The van der Waals surface area contributed by atoms with E-state index < -0.39 is 0 Å². The molecule has 0 aliphatic heterocycles. The number of nitrogens with one attached hydrogen (secondary N) is 1. The van der Waals surface area contributed by atoms with Crippen molar-refractivity contribution in [2.75, 3.05) is 13.7 Å². The fourth-order valence-corrected chi connectivity index (χ4v) is 2.43. The maximum absolute atomic E-state index is 12.2. The summed E-state index contributed by atoms with van der Waals surface area (Å²) in [6, 6.07) is 13.0. The fourth-order valence-electron chi connectivity index (χ4n) is 2.43. The van der Waals surface area contributed by atoms with Crippen molar-refractivity contribution in [1.82, 2.24) is 15.5 Å². The first-order valence-electron chi connectivity index (χ1n) is 8.04. The quantitative estimate of drug-likeness (QED) is 0.670. The van der Waals surface area contributed by atoms with E-state index in [1.807, 2.05) is 42.6 Å². The molecule has 128 valence electrons. The largest absolute Gasteiger partial charge is 0.497 e. The number of aromatic nitrogens is 2. The highest BCUT2D eigenvalue weighted by molar-refractivity contribution is 5.93. The lowest BCUT2D eigenvalue weighted by molar-refractivity contribution is 0.0944. The van der Waals surface area contributed by atoms with Gasteiger partial charge >= 0.3 is 0 Å². The van der Waals surface area contributed by atoms with Crippen LogP contribution in [0.25, 0.3) is 11.3 Å². The van der Waals surface area contributed by atoms with E-state index in [0.29, 0.717) is 12.3 Å². The summed E-state index contributed by atoms with van der Waals surface area (Å²) in [5.41, 5.74) is 2.22. The zero-order chi connectivity index (χ0) is 17.5. The zero-order valence-electron chi connectivity index (χ0n) is 13.9. The first-order valence-corrected chi connectivity index (χ1v) is 8.04. The SMILES string of the molecule is COc1cccc(-c2cc(C(=O)NCCCc3cccnc3)no2)c1. The monoisotopic (exact) mass is 337 g/mol.